The van der Waals surface area contributed by atoms with Crippen molar-refractivity contribution in [1.82, 2.24) is 0 Å². The molecule has 9 heteroatoms. The van der Waals surface area contributed by atoms with Crippen LogP contribution < -0.4 is 10.1 Å². The lowest BCUT2D eigenvalue weighted by atomic mass is 9.99. The second-order valence-corrected chi connectivity index (χ2v) is 5.39. The molecule has 1 aromatic carbocycles. The zero-order valence-corrected chi connectivity index (χ0v) is 12.2. The maximum absolute atomic E-state index is 12.5. The average molecular weight is 340 g/mol. The summed E-state index contributed by atoms with van der Waals surface area (Å²) in [4.78, 5) is 0. The molecule has 22 heavy (non-hydrogen) atoms. The molecule has 1 aliphatic heterocycles. The Morgan fingerprint density at radius 2 is 1.73 bits per heavy atom. The lowest BCUT2D eigenvalue weighted by Crippen LogP contribution is -2.58. The zero-order chi connectivity index (χ0) is 16.5. The number of aliphatic hydroxyl groups excluding tert-OH is 3. The number of nitrogens with one attached hydrogen (secondary N) is 1. The Morgan fingerprint density at radius 3 is 2.27 bits per heavy atom. The first kappa shape index (κ1) is 17.2. The fourth-order valence-corrected chi connectivity index (χ4v) is 2.18. The fraction of sp³-hybridized carbons (Fsp3) is 0.538. The minimum Gasteiger partial charge on any atom is -0.420 e. The van der Waals surface area contributed by atoms with Crippen molar-refractivity contribution in [2.45, 2.75) is 43.1 Å². The molecule has 0 aliphatic carbocycles. The van der Waals surface area contributed by atoms with Crippen LogP contribution in [0, 0.1) is 0 Å². The van der Waals surface area contributed by atoms with Gasteiger partial charge in [0.25, 0.3) is 0 Å². The van der Waals surface area contributed by atoms with Crippen LogP contribution in [0.4, 0.5) is 14.5 Å². The molecule has 5 atom stereocenters. The van der Waals surface area contributed by atoms with Gasteiger partial charge in [-0.25, -0.2) is 0 Å². The van der Waals surface area contributed by atoms with Gasteiger partial charge in [-0.2, -0.15) is 0 Å². The minimum absolute atomic E-state index is 0.139. The first-order chi connectivity index (χ1) is 10.2. The summed E-state index contributed by atoms with van der Waals surface area (Å²) >= 11 is 4.65. The molecule has 0 aromatic heterocycles. The number of benzene rings is 1. The van der Waals surface area contributed by atoms with Gasteiger partial charge in [-0.3, -0.25) is 0 Å². The highest BCUT2D eigenvalue weighted by atomic mass is 35.5. The number of anilines is 1. The molecule has 1 heterocycles. The predicted molar refractivity (Wildman–Crippen MR) is 73.8 cm³/mol. The van der Waals surface area contributed by atoms with Crippen molar-refractivity contribution in [1.29, 1.82) is 0 Å². The fourth-order valence-electron chi connectivity index (χ4n) is 2.09. The Kier molecular flexibility index (Phi) is 5.08. The molecule has 1 aromatic rings. The molecule has 0 bridgehead atoms. The lowest BCUT2D eigenvalue weighted by Gasteiger charge is -2.39. The molecule has 0 saturated carbocycles. The van der Waals surface area contributed by atoms with E-state index in [1.54, 1.807) is 6.92 Å². The first-order valence-corrected chi connectivity index (χ1v) is 6.87. The zero-order valence-electron chi connectivity index (χ0n) is 11.5. The van der Waals surface area contributed by atoms with E-state index in [1.807, 2.05) is 0 Å². The SMILES string of the molecule is CC1OC(Nc2ccc(OC(F)(F)Cl)cc2)C(O)C(O)C1O. The van der Waals surface area contributed by atoms with Crippen molar-refractivity contribution in [3.8, 4) is 5.75 Å². The Morgan fingerprint density at radius 1 is 1.14 bits per heavy atom. The van der Waals surface area contributed by atoms with E-state index in [4.69, 9.17) is 4.74 Å². The normalized spacial score (nSPS) is 32.6. The minimum atomic E-state index is -3.80. The second-order valence-electron chi connectivity index (χ2n) is 4.95. The molecule has 0 amide bonds. The number of hydrogen-bond acceptors (Lipinski definition) is 6. The van der Waals surface area contributed by atoms with Crippen LogP contribution in [0.2, 0.25) is 0 Å². The Balaban J connectivity index is 2.01. The quantitative estimate of drug-likeness (QED) is 0.614. The van der Waals surface area contributed by atoms with E-state index in [-0.39, 0.29) is 5.75 Å². The molecular weight excluding hydrogens is 324 g/mol. The van der Waals surface area contributed by atoms with Crippen molar-refractivity contribution in [3.63, 3.8) is 0 Å². The van der Waals surface area contributed by atoms with Crippen LogP contribution in [0.3, 0.4) is 0 Å². The van der Waals surface area contributed by atoms with E-state index in [1.165, 1.54) is 24.3 Å². The van der Waals surface area contributed by atoms with Gasteiger partial charge < -0.3 is 30.1 Å². The van der Waals surface area contributed by atoms with Crippen LogP contribution in [0.15, 0.2) is 24.3 Å². The van der Waals surface area contributed by atoms with E-state index in [9.17, 15) is 24.1 Å². The largest absolute Gasteiger partial charge is 0.487 e. The molecule has 1 fully saturated rings. The Bertz CT molecular complexity index is 498. The van der Waals surface area contributed by atoms with Crippen LogP contribution in [0.25, 0.3) is 0 Å². The summed E-state index contributed by atoms with van der Waals surface area (Å²) in [6.07, 6.45) is -5.56. The van der Waals surface area contributed by atoms with Gasteiger partial charge in [0, 0.05) is 17.3 Å². The molecule has 6 nitrogen and oxygen atoms in total. The van der Waals surface area contributed by atoms with Gasteiger partial charge in [0.15, 0.2) is 6.23 Å². The van der Waals surface area contributed by atoms with Gasteiger partial charge in [0.05, 0.1) is 6.10 Å². The summed E-state index contributed by atoms with van der Waals surface area (Å²) in [7, 11) is 0. The van der Waals surface area contributed by atoms with E-state index in [0.29, 0.717) is 5.69 Å². The molecule has 2 rings (SSSR count). The summed E-state index contributed by atoms with van der Waals surface area (Å²) < 4.78 is 34.5. The summed E-state index contributed by atoms with van der Waals surface area (Å²) in [6.45, 7) is 1.55. The summed E-state index contributed by atoms with van der Waals surface area (Å²) in [6, 6.07) is 5.33. The number of alkyl halides is 3. The number of hydrogen-bond donors (Lipinski definition) is 4. The van der Waals surface area contributed by atoms with Crippen molar-refractivity contribution >= 4 is 17.3 Å². The smallest absolute Gasteiger partial charge is 0.420 e. The lowest BCUT2D eigenvalue weighted by molar-refractivity contribution is -0.209. The van der Waals surface area contributed by atoms with Gasteiger partial charge >= 0.3 is 5.57 Å². The van der Waals surface area contributed by atoms with Crippen molar-refractivity contribution in [3.05, 3.63) is 24.3 Å². The number of halogens is 3. The van der Waals surface area contributed by atoms with E-state index < -0.39 is 36.2 Å². The Hall–Kier alpha value is -1.19. The third-order valence-corrected chi connectivity index (χ3v) is 3.33. The highest BCUT2D eigenvalue weighted by Crippen LogP contribution is 2.27. The van der Waals surface area contributed by atoms with Gasteiger partial charge in [-0.15, -0.1) is 8.78 Å². The van der Waals surface area contributed by atoms with Crippen LogP contribution >= 0.6 is 11.6 Å². The molecule has 124 valence electrons. The van der Waals surface area contributed by atoms with Gasteiger partial charge in [-0.05, 0) is 31.2 Å². The average Bonchev–Trinajstić information content (AvgIpc) is 2.43. The molecular formula is C13H16ClF2NO5. The summed E-state index contributed by atoms with van der Waals surface area (Å²) in [5, 5.41) is 31.9. The topological polar surface area (TPSA) is 91.2 Å². The number of ether oxygens (including phenoxy) is 2. The van der Waals surface area contributed by atoms with Gasteiger partial charge in [0.1, 0.15) is 24.1 Å². The molecule has 1 aliphatic rings. The maximum atomic E-state index is 12.5. The van der Waals surface area contributed by atoms with Crippen molar-refractivity contribution in [2.75, 3.05) is 5.32 Å². The highest BCUT2D eigenvalue weighted by molar-refractivity contribution is 6.20. The van der Waals surface area contributed by atoms with Gasteiger partial charge in [0.2, 0.25) is 0 Å². The molecule has 5 unspecified atom stereocenters. The maximum Gasteiger partial charge on any atom is 0.487 e. The third-order valence-electron chi connectivity index (χ3n) is 3.25. The van der Waals surface area contributed by atoms with Crippen molar-refractivity contribution in [2.24, 2.45) is 0 Å². The molecule has 4 N–H and O–H groups in total. The van der Waals surface area contributed by atoms with E-state index >= 15 is 0 Å². The van der Waals surface area contributed by atoms with Crippen molar-refractivity contribution < 1.29 is 33.6 Å². The second kappa shape index (κ2) is 6.51. The molecule has 1 saturated heterocycles. The van der Waals surface area contributed by atoms with E-state index in [0.717, 1.165) is 0 Å². The standard InChI is InChI=1S/C13H16ClF2NO5/c1-6-9(18)10(19)11(20)12(21-6)17-7-2-4-8(5-3-7)22-13(14,15)16/h2-6,9-12,17-20H,1H3. The first-order valence-electron chi connectivity index (χ1n) is 6.49. The molecule has 0 spiro atoms. The number of aliphatic hydroxyl groups is 3. The molecule has 0 radical (unpaired) electrons. The van der Waals surface area contributed by atoms with Crippen LogP contribution in [-0.2, 0) is 4.74 Å². The highest BCUT2D eigenvalue weighted by Gasteiger charge is 2.41. The van der Waals surface area contributed by atoms with Crippen LogP contribution in [-0.4, -0.2) is 51.5 Å². The monoisotopic (exact) mass is 339 g/mol. The number of rotatable bonds is 4. The Labute approximate surface area is 130 Å². The van der Waals surface area contributed by atoms with E-state index in [2.05, 4.69) is 21.7 Å². The third kappa shape index (κ3) is 4.17. The van der Waals surface area contributed by atoms with Gasteiger partial charge in [-0.1, -0.05) is 0 Å². The summed E-state index contributed by atoms with van der Waals surface area (Å²) in [5.41, 5.74) is -3.36. The van der Waals surface area contributed by atoms with Crippen LogP contribution in [0.1, 0.15) is 6.92 Å². The summed E-state index contributed by atoms with van der Waals surface area (Å²) in [5.74, 6) is -0.139. The predicted octanol–water partition coefficient (Wildman–Crippen LogP) is 1.09. The van der Waals surface area contributed by atoms with Crippen LogP contribution in [0.5, 0.6) is 5.75 Å².